The van der Waals surface area contributed by atoms with Gasteiger partial charge in [0.25, 0.3) is 5.91 Å². The van der Waals surface area contributed by atoms with Gasteiger partial charge in [0.1, 0.15) is 18.3 Å². The van der Waals surface area contributed by atoms with Crippen molar-refractivity contribution in [2.75, 3.05) is 20.6 Å². The molecule has 0 saturated carbocycles. The largest absolute Gasteiger partial charge is 1.00 e. The van der Waals surface area contributed by atoms with Crippen LogP contribution in [-0.4, -0.2) is 48.2 Å². The first-order chi connectivity index (χ1) is 15.8. The standard InChI is InChI=1S/C22H28N8OS2.HI/c1-15(26-28-21(32)23-2)19(27-29-22(33)24-3)17-9-7-16(8-10-17)11-12-25-20(31)18-6-5-13-30(4)14-18;/h5-10,13-14H,11-12H2,1-4H3,(H4-,23,24,25,26,27,28,29,31,32,33);1H. The average molecular weight is 613 g/mol. The first-order valence-electron chi connectivity index (χ1n) is 10.2. The van der Waals surface area contributed by atoms with Gasteiger partial charge in [-0.2, -0.15) is 10.2 Å². The molecule has 0 atom stereocenters. The van der Waals surface area contributed by atoms with Gasteiger partial charge in [0.05, 0.1) is 5.71 Å². The zero-order valence-corrected chi connectivity index (χ0v) is 23.3. The third kappa shape index (κ3) is 9.65. The van der Waals surface area contributed by atoms with Crippen molar-refractivity contribution >= 4 is 52.0 Å². The lowest BCUT2D eigenvalue weighted by molar-refractivity contribution is -0.671. The molecule has 0 unspecified atom stereocenters. The second-order valence-electron chi connectivity index (χ2n) is 7.00. The Morgan fingerprint density at radius 1 is 0.971 bits per heavy atom. The zero-order chi connectivity index (χ0) is 24.2. The number of nitrogens with zero attached hydrogens (tertiary/aromatic N) is 3. The van der Waals surface area contributed by atoms with E-state index in [1.54, 1.807) is 26.4 Å². The number of hydrogen-bond acceptors (Lipinski definition) is 5. The normalized spacial score (nSPS) is 11.1. The molecule has 0 radical (unpaired) electrons. The predicted octanol–water partition coefficient (Wildman–Crippen LogP) is -2.24. The quantitative estimate of drug-likeness (QED) is 0.0755. The second-order valence-corrected chi connectivity index (χ2v) is 7.82. The highest BCUT2D eigenvalue weighted by molar-refractivity contribution is 7.80. The van der Waals surface area contributed by atoms with Gasteiger partial charge in [0.2, 0.25) is 0 Å². The van der Waals surface area contributed by atoms with E-state index in [4.69, 9.17) is 24.4 Å². The van der Waals surface area contributed by atoms with E-state index >= 15 is 0 Å². The van der Waals surface area contributed by atoms with E-state index in [0.717, 1.165) is 11.1 Å². The van der Waals surface area contributed by atoms with Crippen molar-refractivity contribution in [3.05, 3.63) is 65.5 Å². The minimum Gasteiger partial charge on any atom is -1.00 e. The molecule has 1 heterocycles. The molecule has 0 fully saturated rings. The number of carbonyl (C=O) groups is 1. The molecule has 5 N–H and O–H groups in total. The molecule has 9 nitrogen and oxygen atoms in total. The van der Waals surface area contributed by atoms with Crippen LogP contribution >= 0.6 is 24.4 Å². The Morgan fingerprint density at radius 2 is 1.59 bits per heavy atom. The molecule has 12 heteroatoms. The van der Waals surface area contributed by atoms with Crippen LogP contribution in [0.25, 0.3) is 0 Å². The van der Waals surface area contributed by atoms with Gasteiger partial charge in [-0.3, -0.25) is 15.6 Å². The molecule has 0 aliphatic carbocycles. The maximum atomic E-state index is 12.3. The number of hydrogen-bond donors (Lipinski definition) is 5. The summed E-state index contributed by atoms with van der Waals surface area (Å²) in [5.74, 6) is -0.0948. The summed E-state index contributed by atoms with van der Waals surface area (Å²) in [6.07, 6.45) is 4.38. The molecule has 0 aliphatic rings. The van der Waals surface area contributed by atoms with Crippen molar-refractivity contribution in [1.29, 1.82) is 0 Å². The summed E-state index contributed by atoms with van der Waals surface area (Å²) >= 11 is 10.2. The van der Waals surface area contributed by atoms with Crippen LogP contribution in [0, 0.1) is 0 Å². The van der Waals surface area contributed by atoms with Crippen LogP contribution in [-0.2, 0) is 13.5 Å². The monoisotopic (exact) mass is 612 g/mol. The molecule has 2 aromatic rings. The van der Waals surface area contributed by atoms with Crippen molar-refractivity contribution in [2.45, 2.75) is 13.3 Å². The van der Waals surface area contributed by atoms with E-state index in [1.807, 2.05) is 55.1 Å². The summed E-state index contributed by atoms with van der Waals surface area (Å²) in [5.41, 5.74) is 9.35. The number of halogens is 1. The van der Waals surface area contributed by atoms with Gasteiger partial charge in [-0.25, -0.2) is 4.57 Å². The van der Waals surface area contributed by atoms with Crippen molar-refractivity contribution in [3.8, 4) is 0 Å². The summed E-state index contributed by atoms with van der Waals surface area (Å²) in [7, 11) is 5.31. The van der Waals surface area contributed by atoms with Gasteiger partial charge in [-0.15, -0.1) is 0 Å². The first-order valence-corrected chi connectivity index (χ1v) is 11.1. The van der Waals surface area contributed by atoms with Crippen molar-refractivity contribution in [3.63, 3.8) is 0 Å². The number of thiocarbonyl (C=S) groups is 2. The van der Waals surface area contributed by atoms with Crippen LogP contribution in [0.1, 0.15) is 28.4 Å². The van der Waals surface area contributed by atoms with Gasteiger partial charge in [0.15, 0.2) is 22.6 Å². The van der Waals surface area contributed by atoms with Crippen LogP contribution in [0.3, 0.4) is 0 Å². The average Bonchev–Trinajstić information content (AvgIpc) is 2.83. The highest BCUT2D eigenvalue weighted by Gasteiger charge is 2.11. The van der Waals surface area contributed by atoms with Crippen LogP contribution in [0.4, 0.5) is 0 Å². The molecule has 0 aliphatic heterocycles. The molecule has 0 bridgehead atoms. The minimum absolute atomic E-state index is 0. The molecular weight excluding hydrogens is 583 g/mol. The van der Waals surface area contributed by atoms with Crippen molar-refractivity contribution in [2.24, 2.45) is 17.3 Å². The number of aryl methyl sites for hydroxylation is 1. The maximum absolute atomic E-state index is 12.3. The number of nitrogens with one attached hydrogen (secondary N) is 5. The van der Waals surface area contributed by atoms with E-state index in [2.05, 4.69) is 37.0 Å². The van der Waals surface area contributed by atoms with Gasteiger partial charge < -0.3 is 39.9 Å². The van der Waals surface area contributed by atoms with Gasteiger partial charge in [-0.1, -0.05) is 24.3 Å². The van der Waals surface area contributed by atoms with Crippen LogP contribution in [0.5, 0.6) is 0 Å². The van der Waals surface area contributed by atoms with Gasteiger partial charge >= 0.3 is 0 Å². The highest BCUT2D eigenvalue weighted by Crippen LogP contribution is 2.08. The molecule has 1 aromatic carbocycles. The van der Waals surface area contributed by atoms with Gasteiger partial charge in [0, 0.05) is 32.3 Å². The van der Waals surface area contributed by atoms with Crippen LogP contribution < -0.4 is 55.3 Å². The van der Waals surface area contributed by atoms with E-state index in [0.29, 0.717) is 40.2 Å². The second kappa shape index (κ2) is 15.2. The molecule has 1 aromatic heterocycles. The van der Waals surface area contributed by atoms with E-state index in [9.17, 15) is 4.79 Å². The predicted molar refractivity (Wildman–Crippen MR) is 139 cm³/mol. The van der Waals surface area contributed by atoms with Crippen LogP contribution in [0.2, 0.25) is 0 Å². The number of aromatic nitrogens is 1. The van der Waals surface area contributed by atoms with E-state index < -0.39 is 0 Å². The van der Waals surface area contributed by atoms with Crippen molar-refractivity contribution < 1.29 is 33.3 Å². The number of amides is 1. The third-order valence-corrected chi connectivity index (χ3v) is 5.11. The summed E-state index contributed by atoms with van der Waals surface area (Å²) in [5, 5.41) is 18.0. The van der Waals surface area contributed by atoms with Crippen LogP contribution in [0.15, 0.2) is 59.0 Å². The molecule has 0 spiro atoms. The minimum atomic E-state index is -0.0948. The Hall–Kier alpha value is -2.71. The Kier molecular flexibility index (Phi) is 13.1. The number of benzene rings is 1. The SMILES string of the molecule is CNC(=S)N/N=C(\C(C)=N\NC(=S)NC)c1ccc(CCNC(=O)c2ccc[n+](C)c2)cc1.[I-]. The summed E-state index contributed by atoms with van der Waals surface area (Å²) < 4.78 is 1.85. The Morgan fingerprint density at radius 3 is 2.18 bits per heavy atom. The third-order valence-electron chi connectivity index (χ3n) is 4.52. The fourth-order valence-electron chi connectivity index (χ4n) is 2.73. The summed E-state index contributed by atoms with van der Waals surface area (Å²) in [6.45, 7) is 2.35. The Balaban J connectivity index is 0.00000578. The Bertz CT molecular complexity index is 1060. The molecule has 1 amide bonds. The smallest absolute Gasteiger partial charge is 0.257 e. The molecular formula is C22H29IN8OS2. The van der Waals surface area contributed by atoms with E-state index in [1.165, 1.54) is 0 Å². The lowest BCUT2D eigenvalue weighted by Crippen LogP contribution is -3.00. The number of hydrazone groups is 2. The molecule has 0 saturated heterocycles. The number of pyridine rings is 1. The van der Waals surface area contributed by atoms with Gasteiger partial charge in [-0.05, 0) is 49.4 Å². The topological polar surface area (TPSA) is 106 Å². The molecule has 182 valence electrons. The Labute approximate surface area is 227 Å². The maximum Gasteiger partial charge on any atom is 0.257 e. The fraction of sp³-hybridized carbons (Fsp3) is 0.273. The molecule has 34 heavy (non-hydrogen) atoms. The fourth-order valence-corrected chi connectivity index (χ4v) is 2.83. The lowest BCUT2D eigenvalue weighted by Gasteiger charge is -2.10. The summed E-state index contributed by atoms with van der Waals surface area (Å²) in [4.78, 5) is 12.3. The lowest BCUT2D eigenvalue weighted by atomic mass is 10.0. The number of rotatable bonds is 8. The molecule has 2 rings (SSSR count). The number of carbonyl (C=O) groups excluding carboxylic acids is 1. The highest BCUT2D eigenvalue weighted by atomic mass is 127. The summed E-state index contributed by atoms with van der Waals surface area (Å²) in [6, 6.07) is 11.5. The van der Waals surface area contributed by atoms with E-state index in [-0.39, 0.29) is 29.9 Å². The van der Waals surface area contributed by atoms with Crippen molar-refractivity contribution in [1.82, 2.24) is 26.8 Å². The first kappa shape index (κ1) is 29.3. The zero-order valence-electron chi connectivity index (χ0n) is 19.5.